The van der Waals surface area contributed by atoms with Crippen LogP contribution in [-0.2, 0) is 0 Å². The molecule has 0 aliphatic heterocycles. The first-order valence-corrected chi connectivity index (χ1v) is 4.00. The first-order valence-electron chi connectivity index (χ1n) is 4.00. The van der Waals surface area contributed by atoms with Crippen molar-refractivity contribution in [3.05, 3.63) is 48.4 Å². The van der Waals surface area contributed by atoms with Gasteiger partial charge in [-0.05, 0) is 18.4 Å². The van der Waals surface area contributed by atoms with Crippen molar-refractivity contribution in [2.75, 3.05) is 14.1 Å². The Morgan fingerprint density at radius 2 is 1.77 bits per heavy atom. The van der Waals surface area contributed by atoms with Gasteiger partial charge >= 0.3 is 0 Å². The normalized spacial score (nSPS) is 10.3. The number of rotatable bonds is 4. The minimum absolute atomic E-state index is 1.66. The van der Waals surface area contributed by atoms with Crippen LogP contribution in [0.1, 0.15) is 0 Å². The second kappa shape index (κ2) is 10.2. The SMILES string of the molecule is CN=C=C=CC=CC=CC=CNC. The van der Waals surface area contributed by atoms with Crippen molar-refractivity contribution in [3.63, 3.8) is 0 Å². The molecule has 68 valence electrons. The molecule has 2 nitrogen and oxygen atoms in total. The van der Waals surface area contributed by atoms with Crippen LogP contribution in [0.4, 0.5) is 0 Å². The second-order valence-electron chi connectivity index (χ2n) is 2.06. The molecule has 0 atom stereocenters. The van der Waals surface area contributed by atoms with E-state index in [0.29, 0.717) is 0 Å². The van der Waals surface area contributed by atoms with Crippen molar-refractivity contribution < 1.29 is 0 Å². The Morgan fingerprint density at radius 3 is 2.46 bits per heavy atom. The van der Waals surface area contributed by atoms with Crippen LogP contribution >= 0.6 is 0 Å². The zero-order valence-corrected chi connectivity index (χ0v) is 7.99. The van der Waals surface area contributed by atoms with Crippen LogP contribution in [0.5, 0.6) is 0 Å². The highest BCUT2D eigenvalue weighted by atomic mass is 14.8. The van der Waals surface area contributed by atoms with Crippen molar-refractivity contribution in [3.8, 4) is 0 Å². The Bertz CT molecular complexity index is 283. The Kier molecular flexibility index (Phi) is 8.87. The van der Waals surface area contributed by atoms with Gasteiger partial charge in [0, 0.05) is 20.0 Å². The molecule has 0 radical (unpaired) electrons. The van der Waals surface area contributed by atoms with Gasteiger partial charge in [-0.25, -0.2) is 4.99 Å². The average Bonchev–Trinajstić information content (AvgIpc) is 2.16. The third kappa shape index (κ3) is 10.2. The highest BCUT2D eigenvalue weighted by molar-refractivity contribution is 5.50. The summed E-state index contributed by atoms with van der Waals surface area (Å²) in [6.45, 7) is 0. The number of hydrogen-bond donors (Lipinski definition) is 1. The van der Waals surface area contributed by atoms with Crippen molar-refractivity contribution >= 4 is 5.87 Å². The minimum atomic E-state index is 1.66. The molecule has 0 aromatic heterocycles. The second-order valence-corrected chi connectivity index (χ2v) is 2.06. The molecule has 0 saturated heterocycles. The van der Waals surface area contributed by atoms with Gasteiger partial charge in [0.25, 0.3) is 0 Å². The largest absolute Gasteiger partial charge is 0.394 e. The maximum Gasteiger partial charge on any atom is 0.0379 e. The van der Waals surface area contributed by atoms with Crippen molar-refractivity contribution in [1.29, 1.82) is 0 Å². The van der Waals surface area contributed by atoms with Gasteiger partial charge in [0.1, 0.15) is 0 Å². The fraction of sp³-hybridized carbons (Fsp3) is 0.182. The monoisotopic (exact) mass is 174 g/mol. The van der Waals surface area contributed by atoms with Gasteiger partial charge < -0.3 is 5.32 Å². The zero-order valence-electron chi connectivity index (χ0n) is 7.99. The predicted molar refractivity (Wildman–Crippen MR) is 57.9 cm³/mol. The molecule has 0 saturated carbocycles. The lowest BCUT2D eigenvalue weighted by Gasteiger charge is -1.78. The van der Waals surface area contributed by atoms with E-state index in [1.807, 2.05) is 43.6 Å². The lowest BCUT2D eigenvalue weighted by molar-refractivity contribution is 1.10. The summed E-state index contributed by atoms with van der Waals surface area (Å²) in [4.78, 5) is 3.63. The number of nitrogens with zero attached hydrogens (tertiary/aromatic N) is 1. The molecule has 13 heavy (non-hydrogen) atoms. The summed E-state index contributed by atoms with van der Waals surface area (Å²) in [6.07, 6.45) is 13.1. The summed E-state index contributed by atoms with van der Waals surface area (Å²) in [5.41, 5.74) is 2.74. The third-order valence-electron chi connectivity index (χ3n) is 1.06. The molecule has 0 spiro atoms. The Hall–Kier alpha value is -1.75. The molecule has 0 aromatic rings. The molecule has 1 N–H and O–H groups in total. The van der Waals surface area contributed by atoms with Gasteiger partial charge in [-0.15, -0.1) is 0 Å². The van der Waals surface area contributed by atoms with Crippen molar-refractivity contribution in [1.82, 2.24) is 5.32 Å². The molecule has 0 aromatic carbocycles. The van der Waals surface area contributed by atoms with E-state index >= 15 is 0 Å². The van der Waals surface area contributed by atoms with Gasteiger partial charge in [-0.2, -0.15) is 0 Å². The summed E-state index contributed by atoms with van der Waals surface area (Å²) in [5.74, 6) is 2.58. The molecule has 0 amide bonds. The molecule has 0 heterocycles. The maximum absolute atomic E-state index is 3.63. The highest BCUT2D eigenvalue weighted by Gasteiger charge is 1.60. The number of nitrogens with one attached hydrogen (secondary N) is 1. The van der Waals surface area contributed by atoms with Crippen LogP contribution in [-0.4, -0.2) is 20.0 Å². The summed E-state index contributed by atoms with van der Waals surface area (Å²) >= 11 is 0. The van der Waals surface area contributed by atoms with E-state index in [2.05, 4.69) is 21.9 Å². The van der Waals surface area contributed by atoms with E-state index in [1.54, 1.807) is 13.1 Å². The Morgan fingerprint density at radius 1 is 1.08 bits per heavy atom. The smallest absolute Gasteiger partial charge is 0.0379 e. The molecule has 0 unspecified atom stereocenters. The molecule has 0 aliphatic carbocycles. The minimum Gasteiger partial charge on any atom is -0.394 e. The lowest BCUT2D eigenvalue weighted by atomic mass is 10.4. The van der Waals surface area contributed by atoms with Crippen LogP contribution in [0.2, 0.25) is 0 Å². The van der Waals surface area contributed by atoms with Crippen molar-refractivity contribution in [2.24, 2.45) is 4.99 Å². The standard InChI is InChI=1S/C11H14N2/c1-12-10-8-6-4-3-5-7-9-11-13-2/h3-8,10,12H,1-2H3. The van der Waals surface area contributed by atoms with E-state index in [9.17, 15) is 0 Å². The van der Waals surface area contributed by atoms with Gasteiger partial charge in [0.2, 0.25) is 0 Å². The van der Waals surface area contributed by atoms with Gasteiger partial charge in [-0.1, -0.05) is 30.0 Å². The third-order valence-corrected chi connectivity index (χ3v) is 1.06. The van der Waals surface area contributed by atoms with E-state index in [0.717, 1.165) is 0 Å². The van der Waals surface area contributed by atoms with Gasteiger partial charge in [0.15, 0.2) is 0 Å². The summed E-state index contributed by atoms with van der Waals surface area (Å²) < 4.78 is 0. The van der Waals surface area contributed by atoms with E-state index < -0.39 is 0 Å². The van der Waals surface area contributed by atoms with E-state index in [-0.39, 0.29) is 0 Å². The average molecular weight is 174 g/mol. The predicted octanol–water partition coefficient (Wildman–Crippen LogP) is 1.84. The van der Waals surface area contributed by atoms with Crippen LogP contribution in [0.25, 0.3) is 0 Å². The Balaban J connectivity index is 3.82. The molecule has 0 bridgehead atoms. The first-order chi connectivity index (χ1) is 6.41. The topological polar surface area (TPSA) is 24.4 Å². The molecular weight excluding hydrogens is 160 g/mol. The number of hydrogen-bond acceptors (Lipinski definition) is 2. The summed E-state index contributed by atoms with van der Waals surface area (Å²) in [6, 6.07) is 0. The fourth-order valence-electron chi connectivity index (χ4n) is 0.550. The quantitative estimate of drug-likeness (QED) is 0.392. The maximum atomic E-state index is 3.63. The Labute approximate surface area is 79.4 Å². The van der Waals surface area contributed by atoms with Gasteiger partial charge in [0.05, 0.1) is 0 Å². The highest BCUT2D eigenvalue weighted by Crippen LogP contribution is 1.79. The molecule has 2 heteroatoms. The van der Waals surface area contributed by atoms with E-state index in [1.165, 1.54) is 0 Å². The van der Waals surface area contributed by atoms with E-state index in [4.69, 9.17) is 0 Å². The van der Waals surface area contributed by atoms with Gasteiger partial charge in [-0.3, -0.25) is 0 Å². The summed E-state index contributed by atoms with van der Waals surface area (Å²) in [7, 11) is 3.52. The molecule has 0 aliphatic rings. The van der Waals surface area contributed by atoms with Crippen LogP contribution in [0, 0.1) is 0 Å². The first kappa shape index (κ1) is 11.2. The lowest BCUT2D eigenvalue weighted by Crippen LogP contribution is -1.89. The van der Waals surface area contributed by atoms with Crippen LogP contribution in [0.3, 0.4) is 0 Å². The molecule has 0 fully saturated rings. The van der Waals surface area contributed by atoms with Crippen LogP contribution in [0.15, 0.2) is 53.4 Å². The van der Waals surface area contributed by atoms with Crippen LogP contribution < -0.4 is 5.32 Å². The summed E-state index contributed by atoms with van der Waals surface area (Å²) in [5, 5.41) is 2.89. The molecular formula is C11H14N2. The van der Waals surface area contributed by atoms with Crippen molar-refractivity contribution in [2.45, 2.75) is 0 Å². The number of aliphatic imine (C=N–C) groups is 1. The zero-order chi connectivity index (χ0) is 9.78. The molecule has 0 rings (SSSR count). The fourth-order valence-corrected chi connectivity index (χ4v) is 0.550. The number of allylic oxidation sites excluding steroid dienone is 6.